The number of benzene rings is 1. The Kier molecular flexibility index (Phi) is 10.2. The lowest BCUT2D eigenvalue weighted by Gasteiger charge is -2.23. The van der Waals surface area contributed by atoms with E-state index in [1.807, 2.05) is 26.8 Å². The summed E-state index contributed by atoms with van der Waals surface area (Å²) in [5.41, 5.74) is 4.35. The summed E-state index contributed by atoms with van der Waals surface area (Å²) >= 11 is 0. The van der Waals surface area contributed by atoms with Crippen molar-refractivity contribution in [2.45, 2.75) is 26.9 Å². The molecule has 2 rings (SSSR count). The quantitative estimate of drug-likeness (QED) is 0.786. The van der Waals surface area contributed by atoms with Gasteiger partial charge in [-0.15, -0.1) is 6.58 Å². The van der Waals surface area contributed by atoms with Gasteiger partial charge in [0.15, 0.2) is 0 Å². The molecule has 0 aliphatic carbocycles. The second-order valence-corrected chi connectivity index (χ2v) is 5.41. The molecule has 2 N–H and O–H groups in total. The van der Waals surface area contributed by atoms with E-state index in [2.05, 4.69) is 6.58 Å². The van der Waals surface area contributed by atoms with E-state index >= 15 is 0 Å². The number of anilines is 2. The van der Waals surface area contributed by atoms with Crippen molar-refractivity contribution >= 4 is 11.4 Å². The number of rotatable bonds is 3. The molecule has 1 aromatic heterocycles. The van der Waals surface area contributed by atoms with Gasteiger partial charge in [-0.05, 0) is 30.7 Å². The summed E-state index contributed by atoms with van der Waals surface area (Å²) in [5.74, 6) is 0. The first-order valence-corrected chi connectivity index (χ1v) is 8.51. The molecule has 0 unspecified atom stereocenters. The molecule has 0 saturated carbocycles. The van der Waals surface area contributed by atoms with Crippen LogP contribution in [0, 0.1) is 6.92 Å². The number of halogens is 3. The minimum Gasteiger partial charge on any atom is -0.340 e. The van der Waals surface area contributed by atoms with Crippen LogP contribution in [0.4, 0.5) is 24.5 Å². The van der Waals surface area contributed by atoms with Crippen LogP contribution >= 0.6 is 0 Å². The average Bonchev–Trinajstić information content (AvgIpc) is 2.64. The number of nitrogens with two attached hydrogens (primary N) is 1. The van der Waals surface area contributed by atoms with E-state index in [1.54, 1.807) is 24.3 Å². The van der Waals surface area contributed by atoms with Crippen LogP contribution in [-0.4, -0.2) is 18.2 Å². The largest absolute Gasteiger partial charge is 0.418 e. The molecule has 2 aromatic rings. The molecule has 0 fully saturated rings. The van der Waals surface area contributed by atoms with Crippen molar-refractivity contribution in [1.29, 1.82) is 0 Å². The fourth-order valence-electron chi connectivity index (χ4n) is 2.13. The van der Waals surface area contributed by atoms with Crippen LogP contribution in [0.2, 0.25) is 0 Å². The van der Waals surface area contributed by atoms with Crippen molar-refractivity contribution in [2.75, 3.05) is 18.5 Å². The number of alkyl halides is 3. The predicted molar refractivity (Wildman–Crippen MR) is 107 cm³/mol. The van der Waals surface area contributed by atoms with Crippen LogP contribution in [-0.2, 0) is 13.2 Å². The average molecular weight is 383 g/mol. The summed E-state index contributed by atoms with van der Waals surface area (Å²) < 4.78 is 40.6. The fourth-order valence-corrected chi connectivity index (χ4v) is 2.13. The molecule has 1 aromatic carbocycles. The number of hydrogen-bond donors (Lipinski definition) is 1. The SMILES string of the molecule is C=CCN.CC.Cc1cccc(N(C)c2c(C(F)(F)F)ccn(C)c2=O)c1. The first kappa shape index (κ1) is 24.5. The minimum absolute atomic E-state index is 0.377. The zero-order chi connectivity index (χ0) is 21.2. The van der Waals surface area contributed by atoms with Crippen molar-refractivity contribution in [3.05, 3.63) is 70.7 Å². The molecule has 0 bridgehead atoms. The van der Waals surface area contributed by atoms with E-state index in [0.29, 0.717) is 12.2 Å². The van der Waals surface area contributed by atoms with Gasteiger partial charge in [-0.2, -0.15) is 13.2 Å². The van der Waals surface area contributed by atoms with Crippen molar-refractivity contribution in [3.8, 4) is 0 Å². The van der Waals surface area contributed by atoms with Crippen LogP contribution in [0.25, 0.3) is 0 Å². The molecule has 1 heterocycles. The molecule has 0 aliphatic rings. The number of pyridine rings is 1. The minimum atomic E-state index is -4.58. The Hall–Kier alpha value is -2.54. The Morgan fingerprint density at radius 2 is 1.81 bits per heavy atom. The third-order valence-electron chi connectivity index (χ3n) is 3.44. The molecule has 150 valence electrons. The monoisotopic (exact) mass is 383 g/mol. The van der Waals surface area contributed by atoms with Crippen molar-refractivity contribution in [3.63, 3.8) is 0 Å². The van der Waals surface area contributed by atoms with Crippen molar-refractivity contribution in [1.82, 2.24) is 4.57 Å². The van der Waals surface area contributed by atoms with Crippen LogP contribution in [0.5, 0.6) is 0 Å². The van der Waals surface area contributed by atoms with Gasteiger partial charge < -0.3 is 15.2 Å². The Labute approximate surface area is 158 Å². The normalized spacial score (nSPS) is 10.1. The molecule has 0 atom stereocenters. The van der Waals surface area contributed by atoms with Gasteiger partial charge in [0.05, 0.1) is 5.56 Å². The maximum absolute atomic E-state index is 13.1. The molecule has 7 heteroatoms. The number of nitrogens with zero attached hydrogens (tertiary/aromatic N) is 2. The molecule has 0 saturated heterocycles. The summed E-state index contributed by atoms with van der Waals surface area (Å²) in [6.07, 6.45) is -1.81. The standard InChI is InChI=1S/C15H15F3N2O.C3H7N.C2H6/c1-10-5-4-6-11(9-10)20(3)13-12(15(16,17)18)7-8-19(2)14(13)21;1-2-3-4;1-2/h4-9H,1-3H3;2H,1,3-4H2;1-2H3. The van der Waals surface area contributed by atoms with Crippen LogP contribution in [0.15, 0.2) is 54.0 Å². The van der Waals surface area contributed by atoms with Gasteiger partial charge in [-0.3, -0.25) is 4.79 Å². The van der Waals surface area contributed by atoms with Crippen LogP contribution in [0.1, 0.15) is 25.0 Å². The summed E-state index contributed by atoms with van der Waals surface area (Å²) in [4.78, 5) is 13.4. The second-order valence-electron chi connectivity index (χ2n) is 5.41. The summed E-state index contributed by atoms with van der Waals surface area (Å²) in [6.45, 7) is 9.78. The third kappa shape index (κ3) is 6.94. The molecule has 0 radical (unpaired) electrons. The van der Waals surface area contributed by atoms with E-state index in [1.165, 1.54) is 19.0 Å². The fraction of sp³-hybridized carbons (Fsp3) is 0.350. The molecule has 0 spiro atoms. The maximum Gasteiger partial charge on any atom is 0.418 e. The van der Waals surface area contributed by atoms with E-state index in [0.717, 1.165) is 22.4 Å². The second kappa shape index (κ2) is 11.2. The lowest BCUT2D eigenvalue weighted by Crippen LogP contribution is -2.29. The highest BCUT2D eigenvalue weighted by atomic mass is 19.4. The molecule has 0 amide bonds. The maximum atomic E-state index is 13.1. The molecular weight excluding hydrogens is 355 g/mol. The van der Waals surface area contributed by atoms with Crippen molar-refractivity contribution in [2.24, 2.45) is 12.8 Å². The van der Waals surface area contributed by atoms with Gasteiger partial charge in [0.1, 0.15) is 5.69 Å². The Morgan fingerprint density at radius 1 is 1.26 bits per heavy atom. The summed E-state index contributed by atoms with van der Waals surface area (Å²) in [6, 6.07) is 7.89. The molecular formula is C20H28F3N3O. The number of aromatic nitrogens is 1. The zero-order valence-corrected chi connectivity index (χ0v) is 16.5. The van der Waals surface area contributed by atoms with Gasteiger partial charge in [-0.1, -0.05) is 32.1 Å². The van der Waals surface area contributed by atoms with E-state index < -0.39 is 17.3 Å². The van der Waals surface area contributed by atoms with Gasteiger partial charge in [0, 0.05) is 32.5 Å². The van der Waals surface area contributed by atoms with Gasteiger partial charge in [-0.25, -0.2) is 0 Å². The summed E-state index contributed by atoms with van der Waals surface area (Å²) in [7, 11) is 2.89. The third-order valence-corrected chi connectivity index (χ3v) is 3.44. The molecule has 27 heavy (non-hydrogen) atoms. The van der Waals surface area contributed by atoms with Gasteiger partial charge in [0.2, 0.25) is 0 Å². The summed E-state index contributed by atoms with van der Waals surface area (Å²) in [5, 5.41) is 0. The van der Waals surface area contributed by atoms with E-state index in [9.17, 15) is 18.0 Å². The zero-order valence-electron chi connectivity index (χ0n) is 16.5. The highest BCUT2D eigenvalue weighted by Gasteiger charge is 2.36. The highest BCUT2D eigenvalue weighted by Crippen LogP contribution is 2.36. The highest BCUT2D eigenvalue weighted by molar-refractivity contribution is 5.66. The molecule has 4 nitrogen and oxygen atoms in total. The Balaban J connectivity index is 0.000000998. The van der Waals surface area contributed by atoms with Crippen LogP contribution in [0.3, 0.4) is 0 Å². The number of aryl methyl sites for hydroxylation is 2. The van der Waals surface area contributed by atoms with E-state index in [-0.39, 0.29) is 5.69 Å². The smallest absolute Gasteiger partial charge is 0.340 e. The van der Waals surface area contributed by atoms with Crippen molar-refractivity contribution < 1.29 is 13.2 Å². The lowest BCUT2D eigenvalue weighted by molar-refractivity contribution is -0.137. The Bertz CT molecular complexity index is 783. The van der Waals surface area contributed by atoms with E-state index in [4.69, 9.17) is 5.73 Å². The number of hydrogen-bond acceptors (Lipinski definition) is 3. The predicted octanol–water partition coefficient (Wildman–Crippen LogP) is 4.64. The first-order chi connectivity index (χ1) is 12.6. The van der Waals surface area contributed by atoms with Gasteiger partial charge in [0.25, 0.3) is 5.56 Å². The van der Waals surface area contributed by atoms with Crippen LogP contribution < -0.4 is 16.2 Å². The topological polar surface area (TPSA) is 51.3 Å². The molecule has 0 aliphatic heterocycles. The Morgan fingerprint density at radius 3 is 2.26 bits per heavy atom. The lowest BCUT2D eigenvalue weighted by atomic mass is 10.1. The first-order valence-electron chi connectivity index (χ1n) is 8.51. The van der Waals surface area contributed by atoms with Gasteiger partial charge >= 0.3 is 6.18 Å².